The summed E-state index contributed by atoms with van der Waals surface area (Å²) in [4.78, 5) is 0. The van der Waals surface area contributed by atoms with E-state index in [1.165, 1.54) is 0 Å². The van der Waals surface area contributed by atoms with Gasteiger partial charge in [0.15, 0.2) is 0 Å². The Bertz CT molecular complexity index is 378. The van der Waals surface area contributed by atoms with E-state index >= 15 is 0 Å². The van der Waals surface area contributed by atoms with Gasteiger partial charge in [0.1, 0.15) is 5.82 Å². The predicted molar refractivity (Wildman–Crippen MR) is 66.3 cm³/mol. The highest BCUT2D eigenvalue weighted by Gasteiger charge is 2.15. The molecule has 1 aromatic rings. The quantitative estimate of drug-likeness (QED) is 0.899. The van der Waals surface area contributed by atoms with Gasteiger partial charge in [-0.2, -0.15) is 0 Å². The normalized spacial score (nSPS) is 17.4. The van der Waals surface area contributed by atoms with Crippen LogP contribution in [-0.2, 0) is 4.74 Å². The van der Waals surface area contributed by atoms with Crippen LogP contribution < -0.4 is 5.32 Å². The number of aryl methyl sites for hydroxylation is 1. The SMILES string of the molecule is Cc1cc(Br)c(F)cc1NC1CCOCC1. The second kappa shape index (κ2) is 5.15. The molecule has 0 atom stereocenters. The maximum Gasteiger partial charge on any atom is 0.139 e. The van der Waals surface area contributed by atoms with Crippen molar-refractivity contribution in [2.45, 2.75) is 25.8 Å². The van der Waals surface area contributed by atoms with Gasteiger partial charge in [0, 0.05) is 24.9 Å². The molecule has 1 aliphatic heterocycles. The van der Waals surface area contributed by atoms with Crippen molar-refractivity contribution in [2.75, 3.05) is 18.5 Å². The molecule has 0 radical (unpaired) electrons. The standard InChI is InChI=1S/C12H15BrFNO/c1-8-6-10(13)11(14)7-12(8)15-9-2-4-16-5-3-9/h6-7,9,15H,2-5H2,1H3. The summed E-state index contributed by atoms with van der Waals surface area (Å²) in [6.07, 6.45) is 1.97. The van der Waals surface area contributed by atoms with Crippen LogP contribution in [0, 0.1) is 12.7 Å². The van der Waals surface area contributed by atoms with Gasteiger partial charge < -0.3 is 10.1 Å². The molecule has 2 nitrogen and oxygen atoms in total. The molecule has 0 bridgehead atoms. The third kappa shape index (κ3) is 2.74. The number of ether oxygens (including phenoxy) is 1. The maximum absolute atomic E-state index is 13.4. The van der Waals surface area contributed by atoms with E-state index in [1.807, 2.05) is 6.92 Å². The summed E-state index contributed by atoms with van der Waals surface area (Å²) in [6, 6.07) is 3.75. The molecule has 0 aliphatic carbocycles. The topological polar surface area (TPSA) is 21.3 Å². The van der Waals surface area contributed by atoms with Crippen LogP contribution in [0.25, 0.3) is 0 Å². The molecule has 0 aromatic heterocycles. The van der Waals surface area contributed by atoms with E-state index in [4.69, 9.17) is 4.74 Å². The molecule has 2 rings (SSSR count). The molecule has 1 saturated heterocycles. The smallest absolute Gasteiger partial charge is 0.139 e. The number of hydrogen-bond donors (Lipinski definition) is 1. The summed E-state index contributed by atoms with van der Waals surface area (Å²) in [6.45, 7) is 3.55. The minimum absolute atomic E-state index is 0.222. The molecule has 1 aliphatic rings. The van der Waals surface area contributed by atoms with Crippen molar-refractivity contribution in [3.63, 3.8) is 0 Å². The van der Waals surface area contributed by atoms with E-state index in [9.17, 15) is 4.39 Å². The number of rotatable bonds is 2. The lowest BCUT2D eigenvalue weighted by Crippen LogP contribution is -2.28. The Labute approximate surface area is 103 Å². The molecule has 88 valence electrons. The van der Waals surface area contributed by atoms with E-state index in [2.05, 4.69) is 21.2 Å². The van der Waals surface area contributed by atoms with E-state index in [0.717, 1.165) is 37.3 Å². The van der Waals surface area contributed by atoms with E-state index < -0.39 is 0 Å². The molecule has 1 fully saturated rings. The first-order valence-corrected chi connectivity index (χ1v) is 6.26. The molecule has 1 heterocycles. The molecule has 1 N–H and O–H groups in total. The van der Waals surface area contributed by atoms with Gasteiger partial charge >= 0.3 is 0 Å². The Balaban J connectivity index is 2.11. The van der Waals surface area contributed by atoms with Gasteiger partial charge in [0.05, 0.1) is 4.47 Å². The average molecular weight is 288 g/mol. The summed E-state index contributed by atoms with van der Waals surface area (Å²) >= 11 is 3.18. The van der Waals surface area contributed by atoms with Gasteiger partial charge in [-0.25, -0.2) is 4.39 Å². The molecule has 0 spiro atoms. The van der Waals surface area contributed by atoms with Crippen LogP contribution >= 0.6 is 15.9 Å². The zero-order chi connectivity index (χ0) is 11.5. The van der Waals surface area contributed by atoms with Crippen LogP contribution in [-0.4, -0.2) is 19.3 Å². The van der Waals surface area contributed by atoms with Crippen LogP contribution in [0.3, 0.4) is 0 Å². The molecule has 0 unspecified atom stereocenters. The Morgan fingerprint density at radius 2 is 2.06 bits per heavy atom. The second-order valence-electron chi connectivity index (χ2n) is 4.11. The number of anilines is 1. The Kier molecular flexibility index (Phi) is 3.82. The van der Waals surface area contributed by atoms with E-state index in [0.29, 0.717) is 10.5 Å². The van der Waals surface area contributed by atoms with Crippen LogP contribution in [0.2, 0.25) is 0 Å². The highest BCUT2D eigenvalue weighted by Crippen LogP contribution is 2.25. The van der Waals surface area contributed by atoms with E-state index in [-0.39, 0.29) is 5.82 Å². The third-order valence-corrected chi connectivity index (χ3v) is 3.46. The highest BCUT2D eigenvalue weighted by molar-refractivity contribution is 9.10. The van der Waals surface area contributed by atoms with Crippen molar-refractivity contribution in [1.29, 1.82) is 0 Å². The Morgan fingerprint density at radius 3 is 2.75 bits per heavy atom. The van der Waals surface area contributed by atoms with Crippen molar-refractivity contribution in [1.82, 2.24) is 0 Å². The van der Waals surface area contributed by atoms with Gasteiger partial charge in [0.25, 0.3) is 0 Å². The molecule has 0 amide bonds. The largest absolute Gasteiger partial charge is 0.382 e. The van der Waals surface area contributed by atoms with Crippen molar-refractivity contribution in [3.05, 3.63) is 28.0 Å². The fraction of sp³-hybridized carbons (Fsp3) is 0.500. The summed E-state index contributed by atoms with van der Waals surface area (Å²) < 4.78 is 19.2. The van der Waals surface area contributed by atoms with Crippen molar-refractivity contribution >= 4 is 21.6 Å². The van der Waals surface area contributed by atoms with Gasteiger partial charge in [-0.3, -0.25) is 0 Å². The maximum atomic E-state index is 13.4. The minimum atomic E-state index is -0.222. The van der Waals surface area contributed by atoms with Gasteiger partial charge in [0.2, 0.25) is 0 Å². The van der Waals surface area contributed by atoms with Crippen LogP contribution in [0.1, 0.15) is 18.4 Å². The van der Waals surface area contributed by atoms with Crippen LogP contribution in [0.5, 0.6) is 0 Å². The fourth-order valence-electron chi connectivity index (χ4n) is 1.86. The molecular weight excluding hydrogens is 273 g/mol. The summed E-state index contributed by atoms with van der Waals surface area (Å²) in [7, 11) is 0. The molecule has 16 heavy (non-hydrogen) atoms. The molecule has 4 heteroatoms. The van der Waals surface area contributed by atoms with Crippen LogP contribution in [0.15, 0.2) is 16.6 Å². The first-order chi connectivity index (χ1) is 7.66. The fourth-order valence-corrected chi connectivity index (χ4v) is 2.32. The second-order valence-corrected chi connectivity index (χ2v) is 4.97. The monoisotopic (exact) mass is 287 g/mol. The first kappa shape index (κ1) is 11.9. The van der Waals surface area contributed by atoms with Crippen molar-refractivity contribution in [3.8, 4) is 0 Å². The summed E-state index contributed by atoms with van der Waals surface area (Å²) in [5.41, 5.74) is 1.94. The Hall–Kier alpha value is -0.610. The summed E-state index contributed by atoms with van der Waals surface area (Å²) in [5.74, 6) is -0.222. The third-order valence-electron chi connectivity index (χ3n) is 2.85. The first-order valence-electron chi connectivity index (χ1n) is 5.47. The predicted octanol–water partition coefficient (Wildman–Crippen LogP) is 3.49. The van der Waals surface area contributed by atoms with Gasteiger partial charge in [-0.1, -0.05) is 0 Å². The number of hydrogen-bond acceptors (Lipinski definition) is 2. The lowest BCUT2D eigenvalue weighted by molar-refractivity contribution is 0.0904. The lowest BCUT2D eigenvalue weighted by Gasteiger charge is -2.25. The number of nitrogens with one attached hydrogen (secondary N) is 1. The number of benzene rings is 1. The van der Waals surface area contributed by atoms with Crippen LogP contribution in [0.4, 0.5) is 10.1 Å². The molecular formula is C12H15BrFNO. The van der Waals surface area contributed by atoms with E-state index in [1.54, 1.807) is 12.1 Å². The average Bonchev–Trinajstić information content (AvgIpc) is 2.27. The molecule has 0 saturated carbocycles. The zero-order valence-corrected chi connectivity index (χ0v) is 10.8. The zero-order valence-electron chi connectivity index (χ0n) is 9.22. The number of halogens is 2. The van der Waals surface area contributed by atoms with Gasteiger partial charge in [-0.15, -0.1) is 0 Å². The van der Waals surface area contributed by atoms with Crippen molar-refractivity contribution in [2.24, 2.45) is 0 Å². The minimum Gasteiger partial charge on any atom is -0.382 e. The molecule has 1 aromatic carbocycles. The van der Waals surface area contributed by atoms with Gasteiger partial charge in [-0.05, 0) is 53.4 Å². The summed E-state index contributed by atoms with van der Waals surface area (Å²) in [5, 5.41) is 3.38. The lowest BCUT2D eigenvalue weighted by atomic mass is 10.1. The Morgan fingerprint density at radius 1 is 1.38 bits per heavy atom. The highest BCUT2D eigenvalue weighted by atomic mass is 79.9. The van der Waals surface area contributed by atoms with Crippen molar-refractivity contribution < 1.29 is 9.13 Å².